The van der Waals surface area contributed by atoms with E-state index in [1.807, 2.05) is 17.9 Å². The molecule has 1 fully saturated rings. The summed E-state index contributed by atoms with van der Waals surface area (Å²) in [6.45, 7) is 9.24. The van der Waals surface area contributed by atoms with Gasteiger partial charge in [-0.15, -0.1) is 0 Å². The largest absolute Gasteiger partial charge is 0.496 e. The van der Waals surface area contributed by atoms with Crippen LogP contribution in [0.15, 0.2) is 15.3 Å². The molecule has 4 rings (SSSR count). The van der Waals surface area contributed by atoms with Crippen molar-refractivity contribution in [1.82, 2.24) is 9.80 Å². The Morgan fingerprint density at radius 3 is 2.61 bits per heavy atom. The Labute approximate surface area is 182 Å². The number of aryl methyl sites for hydroxylation is 2. The van der Waals surface area contributed by atoms with Crippen molar-refractivity contribution >= 4 is 16.9 Å². The molecule has 0 spiro atoms. The minimum atomic E-state index is -0.378. The van der Waals surface area contributed by atoms with Gasteiger partial charge in [0.1, 0.15) is 22.7 Å². The highest BCUT2D eigenvalue weighted by atomic mass is 16.5. The van der Waals surface area contributed by atoms with Crippen molar-refractivity contribution in [3.05, 3.63) is 33.2 Å². The smallest absolute Gasteiger partial charge is 0.339 e. The van der Waals surface area contributed by atoms with E-state index in [9.17, 15) is 9.59 Å². The molecule has 31 heavy (non-hydrogen) atoms. The molecular weight excluding hydrogens is 396 g/mol. The highest BCUT2D eigenvalue weighted by Gasteiger charge is 2.31. The number of fused-ring (bicyclic) bond motifs is 3. The SMILES string of the molecule is COc1cc2c(c3oc(=O)c(CCC(=O)N4CCN(C)CC4)c(C)c13)CCC(C)(C)O2. The number of carbonyl (C=O) groups excluding carboxylic acids is 1. The van der Waals surface area contributed by atoms with E-state index in [1.165, 1.54) is 0 Å². The zero-order valence-electron chi connectivity index (χ0n) is 19.2. The molecule has 2 aliphatic rings. The highest BCUT2D eigenvalue weighted by Crippen LogP contribution is 2.43. The predicted octanol–water partition coefficient (Wildman–Crippen LogP) is 2.92. The Morgan fingerprint density at radius 1 is 1.23 bits per heavy atom. The summed E-state index contributed by atoms with van der Waals surface area (Å²) in [5.41, 5.74) is 2.17. The van der Waals surface area contributed by atoms with Crippen molar-refractivity contribution in [3.8, 4) is 11.5 Å². The molecule has 7 heteroatoms. The maximum absolute atomic E-state index is 12.9. The van der Waals surface area contributed by atoms with Crippen LogP contribution in [0.5, 0.6) is 11.5 Å². The molecule has 0 unspecified atom stereocenters. The van der Waals surface area contributed by atoms with E-state index in [1.54, 1.807) is 7.11 Å². The Bertz CT molecular complexity index is 1060. The number of carbonyl (C=O) groups is 1. The van der Waals surface area contributed by atoms with E-state index >= 15 is 0 Å². The van der Waals surface area contributed by atoms with Gasteiger partial charge in [0.05, 0.1) is 12.5 Å². The Balaban J connectivity index is 1.67. The van der Waals surface area contributed by atoms with Gasteiger partial charge in [0.2, 0.25) is 5.91 Å². The van der Waals surface area contributed by atoms with Gasteiger partial charge in [0, 0.05) is 49.8 Å². The zero-order valence-corrected chi connectivity index (χ0v) is 19.2. The van der Waals surface area contributed by atoms with Gasteiger partial charge >= 0.3 is 5.63 Å². The van der Waals surface area contributed by atoms with Crippen molar-refractivity contribution < 1.29 is 18.7 Å². The van der Waals surface area contributed by atoms with Gasteiger partial charge in [0.25, 0.3) is 0 Å². The number of ether oxygens (including phenoxy) is 2. The van der Waals surface area contributed by atoms with Gasteiger partial charge in [-0.05, 0) is 52.6 Å². The fraction of sp³-hybridized carbons (Fsp3) is 0.583. The monoisotopic (exact) mass is 428 g/mol. The molecule has 0 bridgehead atoms. The molecule has 0 N–H and O–H groups in total. The van der Waals surface area contributed by atoms with Crippen LogP contribution in [-0.2, 0) is 17.6 Å². The zero-order chi connectivity index (χ0) is 22.3. The van der Waals surface area contributed by atoms with Gasteiger partial charge in [-0.1, -0.05) is 0 Å². The minimum absolute atomic E-state index is 0.0834. The molecule has 0 radical (unpaired) electrons. The summed E-state index contributed by atoms with van der Waals surface area (Å²) in [5.74, 6) is 1.42. The molecule has 7 nitrogen and oxygen atoms in total. The van der Waals surface area contributed by atoms with E-state index in [4.69, 9.17) is 13.9 Å². The van der Waals surface area contributed by atoms with Gasteiger partial charge in [-0.2, -0.15) is 0 Å². The molecule has 0 atom stereocenters. The molecule has 1 aromatic heterocycles. The lowest BCUT2D eigenvalue weighted by Crippen LogP contribution is -2.47. The van der Waals surface area contributed by atoms with Crippen LogP contribution in [0.25, 0.3) is 11.0 Å². The molecule has 2 aliphatic heterocycles. The number of benzene rings is 1. The highest BCUT2D eigenvalue weighted by molar-refractivity contribution is 5.92. The maximum atomic E-state index is 12.9. The number of methoxy groups -OCH3 is 1. The number of nitrogens with zero attached hydrogens (tertiary/aromatic N) is 2. The number of rotatable bonds is 4. The van der Waals surface area contributed by atoms with Gasteiger partial charge < -0.3 is 23.7 Å². The second-order valence-corrected chi connectivity index (χ2v) is 9.30. The second kappa shape index (κ2) is 8.19. The van der Waals surface area contributed by atoms with Gasteiger partial charge in [-0.3, -0.25) is 4.79 Å². The quantitative estimate of drug-likeness (QED) is 0.698. The maximum Gasteiger partial charge on any atom is 0.339 e. The predicted molar refractivity (Wildman–Crippen MR) is 119 cm³/mol. The van der Waals surface area contributed by atoms with Crippen molar-refractivity contribution in [2.24, 2.45) is 0 Å². The van der Waals surface area contributed by atoms with E-state index in [0.717, 1.165) is 55.5 Å². The molecule has 1 aromatic carbocycles. The lowest BCUT2D eigenvalue weighted by Gasteiger charge is -2.33. The van der Waals surface area contributed by atoms with Crippen LogP contribution in [0.2, 0.25) is 0 Å². The average Bonchev–Trinajstić information content (AvgIpc) is 2.72. The summed E-state index contributed by atoms with van der Waals surface area (Å²) in [7, 11) is 3.67. The van der Waals surface area contributed by atoms with Crippen LogP contribution < -0.4 is 15.1 Å². The van der Waals surface area contributed by atoms with Crippen LogP contribution in [-0.4, -0.2) is 61.6 Å². The molecule has 168 valence electrons. The molecule has 3 heterocycles. The van der Waals surface area contributed by atoms with E-state index in [2.05, 4.69) is 25.8 Å². The van der Waals surface area contributed by atoms with Crippen LogP contribution in [0.4, 0.5) is 0 Å². The standard InChI is InChI=1S/C24H32N2O5/c1-15-16(6-7-20(27)26-12-10-25(4)11-13-26)23(28)30-22-17-8-9-24(2,3)31-18(17)14-19(29-5)21(15)22/h14H,6-13H2,1-5H3. The average molecular weight is 429 g/mol. The van der Waals surface area contributed by atoms with E-state index in [0.29, 0.717) is 35.5 Å². The second-order valence-electron chi connectivity index (χ2n) is 9.30. The first-order chi connectivity index (χ1) is 14.7. The minimum Gasteiger partial charge on any atom is -0.496 e. The van der Waals surface area contributed by atoms with Gasteiger partial charge in [0.15, 0.2) is 0 Å². The van der Waals surface area contributed by atoms with Crippen molar-refractivity contribution in [2.45, 2.75) is 52.1 Å². The third-order valence-corrected chi connectivity index (χ3v) is 6.60. The van der Waals surface area contributed by atoms with Crippen molar-refractivity contribution in [2.75, 3.05) is 40.3 Å². The molecule has 0 saturated carbocycles. The van der Waals surface area contributed by atoms with E-state index < -0.39 is 0 Å². The number of hydrogen-bond donors (Lipinski definition) is 0. The van der Waals surface area contributed by atoms with Crippen molar-refractivity contribution in [1.29, 1.82) is 0 Å². The van der Waals surface area contributed by atoms with Gasteiger partial charge in [-0.25, -0.2) is 4.79 Å². The number of hydrogen-bond acceptors (Lipinski definition) is 6. The first kappa shape index (κ1) is 21.7. The molecule has 2 aromatic rings. The summed E-state index contributed by atoms with van der Waals surface area (Å²) in [4.78, 5) is 29.7. The Kier molecular flexibility index (Phi) is 5.73. The first-order valence-corrected chi connectivity index (χ1v) is 11.0. The fourth-order valence-corrected chi connectivity index (χ4v) is 4.58. The number of amides is 1. The summed E-state index contributed by atoms with van der Waals surface area (Å²) < 4.78 is 17.6. The van der Waals surface area contributed by atoms with Crippen LogP contribution in [0, 0.1) is 6.92 Å². The number of piperazine rings is 1. The fourth-order valence-electron chi connectivity index (χ4n) is 4.58. The molecule has 1 saturated heterocycles. The van der Waals surface area contributed by atoms with Crippen molar-refractivity contribution in [3.63, 3.8) is 0 Å². The molecule has 1 amide bonds. The Hall–Kier alpha value is -2.54. The number of likely N-dealkylation sites (N-methyl/N-ethyl adjacent to an activating group) is 1. The summed E-state index contributed by atoms with van der Waals surface area (Å²) in [6.07, 6.45) is 2.27. The summed E-state index contributed by atoms with van der Waals surface area (Å²) >= 11 is 0. The van der Waals surface area contributed by atoms with Crippen LogP contribution in [0.3, 0.4) is 0 Å². The lowest BCUT2D eigenvalue weighted by molar-refractivity contribution is -0.132. The Morgan fingerprint density at radius 2 is 1.94 bits per heavy atom. The van der Waals surface area contributed by atoms with Crippen LogP contribution >= 0.6 is 0 Å². The third-order valence-electron chi connectivity index (χ3n) is 6.60. The van der Waals surface area contributed by atoms with Crippen LogP contribution in [0.1, 0.15) is 43.4 Å². The summed E-state index contributed by atoms with van der Waals surface area (Å²) in [5, 5.41) is 0.797. The summed E-state index contributed by atoms with van der Waals surface area (Å²) in [6, 6.07) is 1.89. The lowest BCUT2D eigenvalue weighted by atomic mass is 9.91. The normalized spacial score (nSPS) is 18.5. The van der Waals surface area contributed by atoms with E-state index in [-0.39, 0.29) is 17.1 Å². The third kappa shape index (κ3) is 4.15. The first-order valence-electron chi connectivity index (χ1n) is 11.0. The molecular formula is C24H32N2O5. The topological polar surface area (TPSA) is 72.2 Å². The molecule has 0 aliphatic carbocycles.